The maximum Gasteiger partial charge on any atom is 0.222 e. The van der Waals surface area contributed by atoms with E-state index in [0.29, 0.717) is 13.0 Å². The third-order valence-corrected chi connectivity index (χ3v) is 2.20. The first-order valence-corrected chi connectivity index (χ1v) is 4.83. The van der Waals surface area contributed by atoms with Gasteiger partial charge in [0, 0.05) is 19.2 Å². The van der Waals surface area contributed by atoms with Crippen molar-refractivity contribution in [3.05, 3.63) is 0 Å². The fraction of sp³-hybridized carbons (Fsp3) is 0.889. The molecule has 3 N–H and O–H groups in total. The summed E-state index contributed by atoms with van der Waals surface area (Å²) in [5, 5.41) is 2.81. The van der Waals surface area contributed by atoms with Crippen LogP contribution in [-0.2, 0) is 9.53 Å². The second kappa shape index (κ2) is 5.19. The van der Waals surface area contributed by atoms with Crippen LogP contribution in [-0.4, -0.2) is 31.2 Å². The van der Waals surface area contributed by atoms with Crippen LogP contribution in [0, 0.1) is 0 Å². The lowest BCUT2D eigenvalue weighted by atomic mass is 10.1. The zero-order chi connectivity index (χ0) is 9.68. The topological polar surface area (TPSA) is 64.3 Å². The number of carbonyl (C=O) groups is 1. The van der Waals surface area contributed by atoms with Crippen molar-refractivity contribution in [2.24, 2.45) is 5.73 Å². The third kappa shape index (κ3) is 3.74. The number of nitrogens with one attached hydrogen (secondary N) is 1. The highest BCUT2D eigenvalue weighted by molar-refractivity contribution is 5.76. The second-order valence-corrected chi connectivity index (χ2v) is 3.54. The first-order chi connectivity index (χ1) is 6.22. The first kappa shape index (κ1) is 10.5. The minimum atomic E-state index is 0.0462. The summed E-state index contributed by atoms with van der Waals surface area (Å²) in [5.74, 6) is 0.0462. The molecule has 0 bridgehead atoms. The number of carbonyl (C=O) groups excluding carboxylic acids is 1. The Labute approximate surface area is 78.8 Å². The van der Waals surface area contributed by atoms with Gasteiger partial charge >= 0.3 is 0 Å². The maximum atomic E-state index is 11.3. The van der Waals surface area contributed by atoms with E-state index in [0.717, 1.165) is 19.4 Å². The molecule has 1 saturated heterocycles. The average Bonchev–Trinajstić information content (AvgIpc) is 2.56. The van der Waals surface area contributed by atoms with Gasteiger partial charge in [0.15, 0.2) is 0 Å². The van der Waals surface area contributed by atoms with E-state index in [1.54, 1.807) is 0 Å². The zero-order valence-electron chi connectivity index (χ0n) is 8.08. The fourth-order valence-corrected chi connectivity index (χ4v) is 1.40. The number of nitrogens with two attached hydrogens (primary N) is 1. The lowest BCUT2D eigenvalue weighted by Crippen LogP contribution is -2.39. The van der Waals surface area contributed by atoms with Crippen LogP contribution in [0.25, 0.3) is 0 Å². The summed E-state index contributed by atoms with van der Waals surface area (Å²) in [7, 11) is 0. The van der Waals surface area contributed by atoms with E-state index in [2.05, 4.69) is 5.32 Å². The number of ether oxygens (including phenoxy) is 1. The Morgan fingerprint density at radius 3 is 3.08 bits per heavy atom. The molecule has 0 aromatic rings. The summed E-state index contributed by atoms with van der Waals surface area (Å²) in [5.41, 5.74) is 5.38. The molecular formula is C9H18N2O2. The standard InChI is InChI=1S/C9H18N2O2/c1-7(6-10)11-9(12)5-8-3-2-4-13-8/h7-8H,2-6,10H2,1H3,(H,11,12). The van der Waals surface area contributed by atoms with Crippen molar-refractivity contribution in [2.45, 2.75) is 38.3 Å². The van der Waals surface area contributed by atoms with Gasteiger partial charge in [-0.1, -0.05) is 0 Å². The first-order valence-electron chi connectivity index (χ1n) is 4.83. The van der Waals surface area contributed by atoms with Crippen LogP contribution in [0.5, 0.6) is 0 Å². The van der Waals surface area contributed by atoms with E-state index in [9.17, 15) is 4.79 Å². The molecule has 1 aliphatic rings. The normalized spacial score (nSPS) is 24.3. The van der Waals surface area contributed by atoms with Crippen molar-refractivity contribution < 1.29 is 9.53 Å². The van der Waals surface area contributed by atoms with E-state index in [1.807, 2.05) is 6.92 Å². The van der Waals surface area contributed by atoms with Crippen LogP contribution in [0.4, 0.5) is 0 Å². The number of amides is 1. The molecule has 2 unspecified atom stereocenters. The number of rotatable bonds is 4. The third-order valence-electron chi connectivity index (χ3n) is 2.20. The Hall–Kier alpha value is -0.610. The molecule has 1 fully saturated rings. The van der Waals surface area contributed by atoms with E-state index in [1.165, 1.54) is 0 Å². The Bertz CT molecular complexity index is 167. The predicted octanol–water partition coefficient (Wildman–Crippen LogP) is 0.0189. The fourth-order valence-electron chi connectivity index (χ4n) is 1.40. The molecular weight excluding hydrogens is 168 g/mol. The van der Waals surface area contributed by atoms with Gasteiger partial charge in [0.2, 0.25) is 5.91 Å². The van der Waals surface area contributed by atoms with Crippen LogP contribution in [0.3, 0.4) is 0 Å². The lowest BCUT2D eigenvalue weighted by molar-refractivity contribution is -0.123. The largest absolute Gasteiger partial charge is 0.378 e. The number of hydrogen-bond acceptors (Lipinski definition) is 3. The monoisotopic (exact) mass is 186 g/mol. The van der Waals surface area contributed by atoms with Gasteiger partial charge in [-0.05, 0) is 19.8 Å². The Balaban J connectivity index is 2.16. The molecule has 1 amide bonds. The van der Waals surface area contributed by atoms with Gasteiger partial charge in [-0.3, -0.25) is 4.79 Å². The highest BCUT2D eigenvalue weighted by atomic mass is 16.5. The molecule has 0 aliphatic carbocycles. The molecule has 1 rings (SSSR count). The van der Waals surface area contributed by atoms with Crippen LogP contribution in [0.1, 0.15) is 26.2 Å². The van der Waals surface area contributed by atoms with Crippen molar-refractivity contribution >= 4 is 5.91 Å². The molecule has 0 saturated carbocycles. The van der Waals surface area contributed by atoms with Gasteiger partial charge in [0.1, 0.15) is 0 Å². The van der Waals surface area contributed by atoms with Crippen molar-refractivity contribution in [1.82, 2.24) is 5.32 Å². The summed E-state index contributed by atoms with van der Waals surface area (Å²) in [4.78, 5) is 11.3. The maximum absolute atomic E-state index is 11.3. The van der Waals surface area contributed by atoms with E-state index in [-0.39, 0.29) is 18.1 Å². The molecule has 0 aromatic heterocycles. The van der Waals surface area contributed by atoms with Gasteiger partial charge in [0.05, 0.1) is 12.5 Å². The summed E-state index contributed by atoms with van der Waals surface area (Å²) in [6, 6.07) is 0.0638. The smallest absolute Gasteiger partial charge is 0.222 e. The summed E-state index contributed by atoms with van der Waals surface area (Å²) in [6.07, 6.45) is 2.68. The highest BCUT2D eigenvalue weighted by Crippen LogP contribution is 2.14. The summed E-state index contributed by atoms with van der Waals surface area (Å²) >= 11 is 0. The minimum Gasteiger partial charge on any atom is -0.378 e. The highest BCUT2D eigenvalue weighted by Gasteiger charge is 2.19. The van der Waals surface area contributed by atoms with Crippen LogP contribution in [0.15, 0.2) is 0 Å². The molecule has 0 radical (unpaired) electrons. The van der Waals surface area contributed by atoms with Gasteiger partial charge in [-0.25, -0.2) is 0 Å². The molecule has 2 atom stereocenters. The van der Waals surface area contributed by atoms with Gasteiger partial charge < -0.3 is 15.8 Å². The van der Waals surface area contributed by atoms with Crippen LogP contribution >= 0.6 is 0 Å². The molecule has 0 spiro atoms. The molecule has 76 valence electrons. The van der Waals surface area contributed by atoms with Gasteiger partial charge in [-0.2, -0.15) is 0 Å². The van der Waals surface area contributed by atoms with Crippen LogP contribution in [0.2, 0.25) is 0 Å². The van der Waals surface area contributed by atoms with Gasteiger partial charge in [0.25, 0.3) is 0 Å². The molecule has 1 heterocycles. The molecule has 13 heavy (non-hydrogen) atoms. The van der Waals surface area contributed by atoms with Crippen molar-refractivity contribution in [2.75, 3.05) is 13.2 Å². The van der Waals surface area contributed by atoms with Crippen molar-refractivity contribution in [3.63, 3.8) is 0 Å². The summed E-state index contributed by atoms with van der Waals surface area (Å²) in [6.45, 7) is 3.18. The van der Waals surface area contributed by atoms with Crippen LogP contribution < -0.4 is 11.1 Å². The number of hydrogen-bond donors (Lipinski definition) is 2. The lowest BCUT2D eigenvalue weighted by Gasteiger charge is -2.13. The summed E-state index contributed by atoms with van der Waals surface area (Å²) < 4.78 is 5.35. The molecule has 0 aromatic carbocycles. The van der Waals surface area contributed by atoms with E-state index in [4.69, 9.17) is 10.5 Å². The Morgan fingerprint density at radius 1 is 1.77 bits per heavy atom. The quantitative estimate of drug-likeness (QED) is 0.650. The van der Waals surface area contributed by atoms with Crippen molar-refractivity contribution in [3.8, 4) is 0 Å². The second-order valence-electron chi connectivity index (χ2n) is 3.54. The Kier molecular flexibility index (Phi) is 4.18. The van der Waals surface area contributed by atoms with E-state index < -0.39 is 0 Å². The van der Waals surface area contributed by atoms with Crippen molar-refractivity contribution in [1.29, 1.82) is 0 Å². The molecule has 4 heteroatoms. The van der Waals surface area contributed by atoms with E-state index >= 15 is 0 Å². The molecule has 4 nitrogen and oxygen atoms in total. The SMILES string of the molecule is CC(CN)NC(=O)CC1CCCO1. The molecule has 1 aliphatic heterocycles. The zero-order valence-corrected chi connectivity index (χ0v) is 8.08. The predicted molar refractivity (Wildman–Crippen MR) is 50.3 cm³/mol. The van der Waals surface area contributed by atoms with Gasteiger partial charge in [-0.15, -0.1) is 0 Å². The Morgan fingerprint density at radius 2 is 2.54 bits per heavy atom. The average molecular weight is 186 g/mol. The minimum absolute atomic E-state index is 0.0462.